The van der Waals surface area contributed by atoms with Gasteiger partial charge >= 0.3 is 0 Å². The molecule has 1 atom stereocenters. The molecule has 0 spiro atoms. The highest BCUT2D eigenvalue weighted by molar-refractivity contribution is 5.91. The summed E-state index contributed by atoms with van der Waals surface area (Å²) in [5, 5.41) is 2.99. The summed E-state index contributed by atoms with van der Waals surface area (Å²) in [5.74, 6) is 2.11. The molecule has 0 radical (unpaired) electrons. The van der Waals surface area contributed by atoms with Crippen molar-refractivity contribution in [2.75, 3.05) is 6.61 Å². The predicted octanol–water partition coefficient (Wildman–Crippen LogP) is 6.05. The molecule has 1 aromatic heterocycles. The maximum Gasteiger partial charge on any atom is 0.287 e. The van der Waals surface area contributed by atoms with Crippen LogP contribution < -0.4 is 14.8 Å². The molecule has 0 saturated heterocycles. The fourth-order valence-corrected chi connectivity index (χ4v) is 3.15. The Bertz CT molecular complexity index is 981. The standard InChI is InChI=1S/C26H31NO4/c1-6-29-21-11-13-22(14-12-21)30-17-23-15-16-24(31-23)25(28)27-18(2)19-7-9-20(10-8-19)26(3,4)5/h7-16,18H,6,17H2,1-5H3,(H,27,28). The van der Waals surface area contributed by atoms with Crippen molar-refractivity contribution >= 4 is 5.91 Å². The van der Waals surface area contributed by atoms with Crippen molar-refractivity contribution in [3.63, 3.8) is 0 Å². The Kier molecular flexibility index (Phi) is 7.06. The molecule has 3 aromatic rings. The molecule has 0 bridgehead atoms. The van der Waals surface area contributed by atoms with Crippen molar-refractivity contribution in [1.29, 1.82) is 0 Å². The van der Waals surface area contributed by atoms with Crippen LogP contribution in [0.4, 0.5) is 0 Å². The Hall–Kier alpha value is -3.21. The van der Waals surface area contributed by atoms with E-state index in [2.05, 4.69) is 50.4 Å². The van der Waals surface area contributed by atoms with Crippen molar-refractivity contribution < 1.29 is 18.7 Å². The van der Waals surface area contributed by atoms with Gasteiger partial charge in [0.15, 0.2) is 5.76 Å². The van der Waals surface area contributed by atoms with Crippen LogP contribution in [0.15, 0.2) is 65.1 Å². The third-order valence-electron chi connectivity index (χ3n) is 5.03. The van der Waals surface area contributed by atoms with Crippen LogP contribution in [-0.4, -0.2) is 12.5 Å². The van der Waals surface area contributed by atoms with E-state index in [0.29, 0.717) is 18.1 Å². The number of nitrogens with one attached hydrogen (secondary N) is 1. The SMILES string of the molecule is CCOc1ccc(OCc2ccc(C(=O)NC(C)c3ccc(C(C)(C)C)cc3)o2)cc1. The minimum Gasteiger partial charge on any atom is -0.494 e. The molecular formula is C26H31NO4. The molecule has 0 aliphatic heterocycles. The second-order valence-electron chi connectivity index (χ2n) is 8.53. The van der Waals surface area contributed by atoms with Gasteiger partial charge < -0.3 is 19.2 Å². The Morgan fingerprint density at radius 2 is 1.55 bits per heavy atom. The largest absolute Gasteiger partial charge is 0.494 e. The molecule has 0 saturated carbocycles. The Morgan fingerprint density at radius 1 is 0.935 bits per heavy atom. The Labute approximate surface area is 184 Å². The van der Waals surface area contributed by atoms with E-state index in [4.69, 9.17) is 13.9 Å². The second kappa shape index (κ2) is 9.73. The summed E-state index contributed by atoms with van der Waals surface area (Å²) in [6.45, 7) is 11.3. The number of benzene rings is 2. The first-order valence-electron chi connectivity index (χ1n) is 10.6. The van der Waals surface area contributed by atoms with Crippen LogP contribution >= 0.6 is 0 Å². The van der Waals surface area contributed by atoms with Crippen molar-refractivity contribution in [3.05, 3.63) is 83.3 Å². The van der Waals surface area contributed by atoms with Crippen molar-refractivity contribution in [1.82, 2.24) is 5.32 Å². The van der Waals surface area contributed by atoms with Gasteiger partial charge in [0.1, 0.15) is 23.9 Å². The summed E-state index contributed by atoms with van der Waals surface area (Å²) < 4.78 is 16.8. The molecule has 164 valence electrons. The van der Waals surface area contributed by atoms with Gasteiger partial charge in [0.2, 0.25) is 0 Å². The molecule has 3 rings (SSSR count). The van der Waals surface area contributed by atoms with Crippen LogP contribution in [0.3, 0.4) is 0 Å². The van der Waals surface area contributed by atoms with Gasteiger partial charge in [0.05, 0.1) is 12.6 Å². The van der Waals surface area contributed by atoms with E-state index >= 15 is 0 Å². The molecule has 0 fully saturated rings. The second-order valence-corrected chi connectivity index (χ2v) is 8.53. The fraction of sp³-hybridized carbons (Fsp3) is 0.346. The molecule has 31 heavy (non-hydrogen) atoms. The molecular weight excluding hydrogens is 390 g/mol. The van der Waals surface area contributed by atoms with E-state index in [-0.39, 0.29) is 29.7 Å². The molecule has 2 aromatic carbocycles. The minimum absolute atomic E-state index is 0.100. The van der Waals surface area contributed by atoms with Gasteiger partial charge in [-0.2, -0.15) is 0 Å². The van der Waals surface area contributed by atoms with E-state index in [0.717, 1.165) is 11.3 Å². The zero-order chi connectivity index (χ0) is 22.4. The average Bonchev–Trinajstić information content (AvgIpc) is 3.22. The Morgan fingerprint density at radius 3 is 2.13 bits per heavy atom. The molecule has 1 heterocycles. The number of carbonyl (C=O) groups excluding carboxylic acids is 1. The van der Waals surface area contributed by atoms with Gasteiger partial charge in [-0.05, 0) is 66.8 Å². The monoisotopic (exact) mass is 421 g/mol. The summed E-state index contributed by atoms with van der Waals surface area (Å²) in [7, 11) is 0. The zero-order valence-corrected chi connectivity index (χ0v) is 18.9. The lowest BCUT2D eigenvalue weighted by Gasteiger charge is -2.20. The van der Waals surface area contributed by atoms with E-state index in [1.807, 2.05) is 38.1 Å². The molecule has 1 amide bonds. The highest BCUT2D eigenvalue weighted by Crippen LogP contribution is 2.24. The van der Waals surface area contributed by atoms with E-state index in [1.54, 1.807) is 12.1 Å². The normalized spacial score (nSPS) is 12.3. The summed E-state index contributed by atoms with van der Waals surface area (Å²) >= 11 is 0. The van der Waals surface area contributed by atoms with Crippen molar-refractivity contribution in [2.45, 2.75) is 52.7 Å². The Balaban J connectivity index is 1.54. The van der Waals surface area contributed by atoms with Gasteiger partial charge in [0.25, 0.3) is 5.91 Å². The first kappa shape index (κ1) is 22.5. The predicted molar refractivity (Wildman–Crippen MR) is 122 cm³/mol. The van der Waals surface area contributed by atoms with E-state index in [1.165, 1.54) is 5.56 Å². The summed E-state index contributed by atoms with van der Waals surface area (Å²) in [6.07, 6.45) is 0. The maximum absolute atomic E-state index is 12.6. The lowest BCUT2D eigenvalue weighted by atomic mass is 9.86. The van der Waals surface area contributed by atoms with Crippen LogP contribution in [0.5, 0.6) is 11.5 Å². The zero-order valence-electron chi connectivity index (χ0n) is 18.9. The van der Waals surface area contributed by atoms with Crippen LogP contribution in [0.25, 0.3) is 0 Å². The minimum atomic E-state index is -0.250. The van der Waals surface area contributed by atoms with Gasteiger partial charge in [-0.3, -0.25) is 4.79 Å². The fourth-order valence-electron chi connectivity index (χ4n) is 3.15. The highest BCUT2D eigenvalue weighted by atomic mass is 16.5. The smallest absolute Gasteiger partial charge is 0.287 e. The first-order chi connectivity index (χ1) is 14.8. The van der Waals surface area contributed by atoms with Crippen molar-refractivity contribution in [3.8, 4) is 11.5 Å². The number of hydrogen-bond acceptors (Lipinski definition) is 4. The number of amides is 1. The summed E-state index contributed by atoms with van der Waals surface area (Å²) in [5.41, 5.74) is 2.41. The third-order valence-corrected chi connectivity index (χ3v) is 5.03. The van der Waals surface area contributed by atoms with Crippen LogP contribution in [0.2, 0.25) is 0 Å². The average molecular weight is 422 g/mol. The number of carbonyl (C=O) groups is 1. The molecule has 5 heteroatoms. The molecule has 1 unspecified atom stereocenters. The number of furan rings is 1. The quantitative estimate of drug-likeness (QED) is 0.481. The number of hydrogen-bond donors (Lipinski definition) is 1. The van der Waals surface area contributed by atoms with Crippen LogP contribution in [-0.2, 0) is 12.0 Å². The maximum atomic E-state index is 12.6. The molecule has 0 aliphatic rings. The van der Waals surface area contributed by atoms with Gasteiger partial charge in [-0.15, -0.1) is 0 Å². The van der Waals surface area contributed by atoms with Crippen LogP contribution in [0.1, 0.15) is 68.1 Å². The summed E-state index contributed by atoms with van der Waals surface area (Å²) in [6, 6.07) is 19.0. The van der Waals surface area contributed by atoms with Crippen LogP contribution in [0, 0.1) is 0 Å². The molecule has 1 N–H and O–H groups in total. The van der Waals surface area contributed by atoms with Gasteiger partial charge in [-0.1, -0.05) is 45.0 Å². The number of ether oxygens (including phenoxy) is 2. The van der Waals surface area contributed by atoms with Gasteiger partial charge in [0, 0.05) is 0 Å². The van der Waals surface area contributed by atoms with E-state index in [9.17, 15) is 4.79 Å². The highest BCUT2D eigenvalue weighted by Gasteiger charge is 2.17. The lowest BCUT2D eigenvalue weighted by Crippen LogP contribution is -2.26. The third kappa shape index (κ3) is 6.14. The van der Waals surface area contributed by atoms with Crippen molar-refractivity contribution in [2.24, 2.45) is 0 Å². The number of rotatable bonds is 8. The molecule has 0 aliphatic carbocycles. The lowest BCUT2D eigenvalue weighted by molar-refractivity contribution is 0.0907. The van der Waals surface area contributed by atoms with Gasteiger partial charge in [-0.25, -0.2) is 0 Å². The topological polar surface area (TPSA) is 60.7 Å². The first-order valence-corrected chi connectivity index (χ1v) is 10.6. The molecule has 5 nitrogen and oxygen atoms in total. The summed E-state index contributed by atoms with van der Waals surface area (Å²) in [4.78, 5) is 12.6. The van der Waals surface area contributed by atoms with E-state index < -0.39 is 0 Å².